The standard InChI is InChI=1S/C52H93NO5/c1-4-7-10-13-16-19-21-23-25-26-27-29-32-34-37-40-43-48(58-52(57)45-42-39-36-33-30-28-24-22-20-17-14-11-8-5-2)46-51(56)53-49(47-54)50(55)44-41-38-35-31-18-15-12-9-6-3/h8,11,17,20-21,23,25-27,29,48-50,54-55H,4-7,9-10,12-16,18-19,22,24,28,30-47H2,1-3H3,(H,53,56)/b11-8+,20-17+,23-21+,26-25+,29-27+. The molecule has 0 bridgehead atoms. The average Bonchev–Trinajstić information content (AvgIpc) is 3.22. The zero-order valence-electron chi connectivity index (χ0n) is 38.2. The van der Waals surface area contributed by atoms with Gasteiger partial charge in [-0.15, -0.1) is 0 Å². The van der Waals surface area contributed by atoms with E-state index in [0.29, 0.717) is 19.3 Å². The topological polar surface area (TPSA) is 95.9 Å². The molecule has 0 rings (SSSR count). The summed E-state index contributed by atoms with van der Waals surface area (Å²) in [6, 6.07) is -0.714. The van der Waals surface area contributed by atoms with E-state index in [2.05, 4.69) is 86.8 Å². The Bertz CT molecular complexity index is 1050. The van der Waals surface area contributed by atoms with Gasteiger partial charge in [0.25, 0.3) is 0 Å². The van der Waals surface area contributed by atoms with Crippen LogP contribution in [0.5, 0.6) is 0 Å². The predicted octanol–water partition coefficient (Wildman–Crippen LogP) is 14.5. The number of esters is 1. The van der Waals surface area contributed by atoms with Gasteiger partial charge in [-0.05, 0) is 77.0 Å². The molecule has 0 aromatic carbocycles. The number of hydrogen-bond donors (Lipinski definition) is 3. The second-order valence-corrected chi connectivity index (χ2v) is 16.5. The summed E-state index contributed by atoms with van der Waals surface area (Å²) in [5, 5.41) is 23.6. The molecule has 6 heteroatoms. The van der Waals surface area contributed by atoms with Crippen molar-refractivity contribution in [2.75, 3.05) is 6.61 Å². The molecule has 0 spiro atoms. The molecule has 3 N–H and O–H groups in total. The third-order valence-corrected chi connectivity index (χ3v) is 10.9. The summed E-state index contributed by atoms with van der Waals surface area (Å²) in [4.78, 5) is 26.1. The van der Waals surface area contributed by atoms with Crippen LogP contribution in [0.3, 0.4) is 0 Å². The normalized spacial score (nSPS) is 13.8. The number of amides is 1. The summed E-state index contributed by atoms with van der Waals surface area (Å²) >= 11 is 0. The Morgan fingerprint density at radius 3 is 1.55 bits per heavy atom. The first-order chi connectivity index (χ1) is 28.5. The molecule has 336 valence electrons. The molecule has 0 aliphatic rings. The third kappa shape index (κ3) is 40.3. The SMILES string of the molecule is CC/C=C/C/C=C/CCCCCCCCCC(=O)OC(CCCCC/C=C/C=C/C=C/CCCCCCC)CC(=O)NC(CO)C(O)CCCCCCCCCCC. The minimum atomic E-state index is -0.798. The van der Waals surface area contributed by atoms with Crippen molar-refractivity contribution in [1.82, 2.24) is 5.32 Å². The van der Waals surface area contributed by atoms with Crippen molar-refractivity contribution in [2.24, 2.45) is 0 Å². The van der Waals surface area contributed by atoms with Crippen LogP contribution >= 0.6 is 0 Å². The predicted molar refractivity (Wildman–Crippen MR) is 250 cm³/mol. The maximum Gasteiger partial charge on any atom is 0.306 e. The number of allylic oxidation sites excluding steroid dienone is 10. The van der Waals surface area contributed by atoms with Gasteiger partial charge in [-0.2, -0.15) is 0 Å². The fourth-order valence-corrected chi connectivity index (χ4v) is 7.17. The van der Waals surface area contributed by atoms with Gasteiger partial charge in [0.05, 0.1) is 25.2 Å². The van der Waals surface area contributed by atoms with Gasteiger partial charge >= 0.3 is 5.97 Å². The van der Waals surface area contributed by atoms with Crippen molar-refractivity contribution >= 4 is 11.9 Å². The van der Waals surface area contributed by atoms with Crippen LogP contribution in [0.25, 0.3) is 0 Å². The maximum atomic E-state index is 13.1. The maximum absolute atomic E-state index is 13.1. The van der Waals surface area contributed by atoms with E-state index in [9.17, 15) is 19.8 Å². The van der Waals surface area contributed by atoms with Crippen LogP contribution in [0.4, 0.5) is 0 Å². The lowest BCUT2D eigenvalue weighted by atomic mass is 10.0. The number of unbranched alkanes of at least 4 members (excludes halogenated alkanes) is 23. The molecule has 0 radical (unpaired) electrons. The van der Waals surface area contributed by atoms with Crippen molar-refractivity contribution < 1.29 is 24.5 Å². The third-order valence-electron chi connectivity index (χ3n) is 10.9. The molecule has 58 heavy (non-hydrogen) atoms. The van der Waals surface area contributed by atoms with E-state index < -0.39 is 18.2 Å². The summed E-state index contributed by atoms with van der Waals surface area (Å²) in [6.07, 6.45) is 55.7. The first-order valence-electron chi connectivity index (χ1n) is 24.5. The number of carbonyl (C=O) groups is 2. The van der Waals surface area contributed by atoms with Gasteiger partial charge in [0.2, 0.25) is 5.91 Å². The second kappa shape index (κ2) is 45.6. The van der Waals surface area contributed by atoms with Crippen LogP contribution in [0, 0.1) is 0 Å². The molecule has 0 fully saturated rings. The number of hydrogen-bond acceptors (Lipinski definition) is 5. The van der Waals surface area contributed by atoms with Crippen LogP contribution in [-0.2, 0) is 14.3 Å². The van der Waals surface area contributed by atoms with Crippen molar-refractivity contribution in [3.8, 4) is 0 Å². The molecule has 0 aliphatic carbocycles. The van der Waals surface area contributed by atoms with Crippen molar-refractivity contribution in [2.45, 2.75) is 251 Å². The Labute approximate surface area is 358 Å². The molecule has 3 atom stereocenters. The van der Waals surface area contributed by atoms with Crippen LogP contribution in [0.1, 0.15) is 233 Å². The molecular formula is C52H93NO5. The summed E-state index contributed by atoms with van der Waals surface area (Å²) in [5.74, 6) is -0.519. The Morgan fingerprint density at radius 1 is 0.534 bits per heavy atom. The number of nitrogens with one attached hydrogen (secondary N) is 1. The van der Waals surface area contributed by atoms with E-state index in [0.717, 1.165) is 89.9 Å². The van der Waals surface area contributed by atoms with Crippen molar-refractivity contribution in [3.05, 3.63) is 60.8 Å². The largest absolute Gasteiger partial charge is 0.462 e. The van der Waals surface area contributed by atoms with Gasteiger partial charge in [-0.3, -0.25) is 9.59 Å². The summed E-state index contributed by atoms with van der Waals surface area (Å²) in [6.45, 7) is 6.32. The van der Waals surface area contributed by atoms with Gasteiger partial charge in [0.1, 0.15) is 6.10 Å². The summed E-state index contributed by atoms with van der Waals surface area (Å²) < 4.78 is 5.90. The molecular weight excluding hydrogens is 719 g/mol. The van der Waals surface area contributed by atoms with Gasteiger partial charge in [-0.25, -0.2) is 0 Å². The number of aliphatic hydroxyl groups excluding tert-OH is 2. The van der Waals surface area contributed by atoms with Crippen molar-refractivity contribution in [1.29, 1.82) is 0 Å². The number of carbonyl (C=O) groups excluding carboxylic acids is 2. The van der Waals surface area contributed by atoms with E-state index in [1.807, 2.05) is 0 Å². The molecule has 0 aromatic heterocycles. The monoisotopic (exact) mass is 812 g/mol. The quantitative estimate of drug-likeness (QED) is 0.0247. The summed E-state index contributed by atoms with van der Waals surface area (Å²) in [7, 11) is 0. The first-order valence-corrected chi connectivity index (χ1v) is 24.5. The first kappa shape index (κ1) is 55.6. The lowest BCUT2D eigenvalue weighted by Gasteiger charge is -2.24. The highest BCUT2D eigenvalue weighted by Gasteiger charge is 2.24. The number of aliphatic hydroxyl groups is 2. The highest BCUT2D eigenvalue weighted by molar-refractivity contribution is 5.77. The Hall–Kier alpha value is -2.44. The minimum Gasteiger partial charge on any atom is -0.462 e. The average molecular weight is 812 g/mol. The Morgan fingerprint density at radius 2 is 1.00 bits per heavy atom. The number of rotatable bonds is 43. The molecule has 0 aromatic rings. The number of ether oxygens (including phenoxy) is 1. The smallest absolute Gasteiger partial charge is 0.306 e. The molecule has 6 nitrogen and oxygen atoms in total. The van der Waals surface area contributed by atoms with Crippen LogP contribution in [0.15, 0.2) is 60.8 Å². The molecule has 0 heterocycles. The zero-order chi connectivity index (χ0) is 42.4. The van der Waals surface area contributed by atoms with Crippen molar-refractivity contribution in [3.63, 3.8) is 0 Å². The van der Waals surface area contributed by atoms with Crippen LogP contribution in [-0.4, -0.2) is 46.9 Å². The molecule has 0 saturated carbocycles. The van der Waals surface area contributed by atoms with Crippen LogP contribution < -0.4 is 5.32 Å². The summed E-state index contributed by atoms with van der Waals surface area (Å²) in [5.41, 5.74) is 0. The van der Waals surface area contributed by atoms with E-state index in [-0.39, 0.29) is 24.9 Å². The molecule has 1 amide bonds. The van der Waals surface area contributed by atoms with Crippen LogP contribution in [0.2, 0.25) is 0 Å². The lowest BCUT2D eigenvalue weighted by Crippen LogP contribution is -2.46. The fraction of sp³-hybridized carbons (Fsp3) is 0.769. The molecule has 0 saturated heterocycles. The van der Waals surface area contributed by atoms with E-state index in [1.165, 1.54) is 96.3 Å². The van der Waals surface area contributed by atoms with Gasteiger partial charge in [0, 0.05) is 6.42 Å². The minimum absolute atomic E-state index is 0.0502. The Balaban J connectivity index is 4.68. The highest BCUT2D eigenvalue weighted by Crippen LogP contribution is 2.17. The fourth-order valence-electron chi connectivity index (χ4n) is 7.17. The Kier molecular flexibility index (Phi) is 43.7. The molecule has 3 unspecified atom stereocenters. The highest BCUT2D eigenvalue weighted by atomic mass is 16.5. The van der Waals surface area contributed by atoms with E-state index in [1.54, 1.807) is 0 Å². The molecule has 0 aliphatic heterocycles. The second-order valence-electron chi connectivity index (χ2n) is 16.5. The zero-order valence-corrected chi connectivity index (χ0v) is 38.2. The van der Waals surface area contributed by atoms with E-state index >= 15 is 0 Å². The lowest BCUT2D eigenvalue weighted by molar-refractivity contribution is -0.151. The van der Waals surface area contributed by atoms with E-state index in [4.69, 9.17) is 4.74 Å². The van der Waals surface area contributed by atoms with Gasteiger partial charge in [-0.1, -0.05) is 204 Å². The van der Waals surface area contributed by atoms with Gasteiger partial charge in [0.15, 0.2) is 0 Å². The van der Waals surface area contributed by atoms with Gasteiger partial charge < -0.3 is 20.3 Å².